The lowest BCUT2D eigenvalue weighted by atomic mass is 9.88. The van der Waals surface area contributed by atoms with Crippen molar-refractivity contribution in [1.29, 1.82) is 0 Å². The number of aliphatic imine (C=N–C) groups is 1. The number of hydrogen-bond acceptors (Lipinski definition) is 1. The number of nitrogens with zero attached hydrogens (tertiary/aromatic N) is 1. The van der Waals surface area contributed by atoms with E-state index < -0.39 is 0 Å². The summed E-state index contributed by atoms with van der Waals surface area (Å²) in [6.07, 6.45) is 10.1. The van der Waals surface area contributed by atoms with Gasteiger partial charge in [0.25, 0.3) is 0 Å². The number of unbranched alkanes of at least 4 members (excludes halogenated alkanes) is 1. The summed E-state index contributed by atoms with van der Waals surface area (Å²) >= 11 is 0. The second kappa shape index (κ2) is 8.10. The molecule has 1 heterocycles. The third-order valence-corrected chi connectivity index (χ3v) is 4.81. The van der Waals surface area contributed by atoms with Gasteiger partial charge in [-0.15, -0.1) is 0 Å². The molecule has 124 valence electrons. The van der Waals surface area contributed by atoms with Crippen molar-refractivity contribution < 1.29 is 0 Å². The third kappa shape index (κ3) is 3.84. The van der Waals surface area contributed by atoms with Crippen molar-refractivity contribution in [2.24, 2.45) is 10.9 Å². The van der Waals surface area contributed by atoms with Gasteiger partial charge in [-0.1, -0.05) is 87.7 Å². The molecule has 0 spiro atoms. The first-order valence-corrected chi connectivity index (χ1v) is 9.19. The van der Waals surface area contributed by atoms with Gasteiger partial charge in [-0.25, -0.2) is 0 Å². The summed E-state index contributed by atoms with van der Waals surface area (Å²) in [5.41, 5.74) is 6.47. The quantitative estimate of drug-likeness (QED) is 0.623. The van der Waals surface area contributed by atoms with E-state index >= 15 is 0 Å². The zero-order valence-corrected chi connectivity index (χ0v) is 14.8. The van der Waals surface area contributed by atoms with Gasteiger partial charge >= 0.3 is 0 Å². The van der Waals surface area contributed by atoms with E-state index in [4.69, 9.17) is 4.99 Å². The average Bonchev–Trinajstić information content (AvgIpc) is 2.83. The predicted octanol–water partition coefficient (Wildman–Crippen LogP) is 5.96. The van der Waals surface area contributed by atoms with E-state index in [2.05, 4.69) is 68.5 Å². The maximum absolute atomic E-state index is 4.80. The minimum atomic E-state index is 0.711. The topological polar surface area (TPSA) is 12.4 Å². The van der Waals surface area contributed by atoms with Crippen molar-refractivity contribution in [3.8, 4) is 0 Å². The highest BCUT2D eigenvalue weighted by Crippen LogP contribution is 2.24. The normalized spacial score (nSPS) is 14.7. The van der Waals surface area contributed by atoms with Gasteiger partial charge in [-0.3, -0.25) is 4.99 Å². The second-order valence-corrected chi connectivity index (χ2v) is 6.83. The number of fused-ring (bicyclic) bond motifs is 1. The van der Waals surface area contributed by atoms with Gasteiger partial charge in [0.05, 0.1) is 5.71 Å². The minimum absolute atomic E-state index is 0.711. The van der Waals surface area contributed by atoms with E-state index in [1.165, 1.54) is 41.5 Å². The predicted molar refractivity (Wildman–Crippen MR) is 104 cm³/mol. The van der Waals surface area contributed by atoms with E-state index in [0.717, 1.165) is 18.6 Å². The van der Waals surface area contributed by atoms with Crippen LogP contribution in [0.2, 0.25) is 0 Å². The van der Waals surface area contributed by atoms with Crippen molar-refractivity contribution in [1.82, 2.24) is 0 Å². The Hall–Kier alpha value is -2.15. The maximum atomic E-state index is 4.80. The Labute approximate surface area is 146 Å². The largest absolute Gasteiger partial charge is 0.256 e. The van der Waals surface area contributed by atoms with Crippen LogP contribution >= 0.6 is 0 Å². The molecule has 0 saturated carbocycles. The van der Waals surface area contributed by atoms with E-state index in [1.807, 2.05) is 6.20 Å². The molecule has 2 aromatic carbocycles. The van der Waals surface area contributed by atoms with Crippen LogP contribution in [0.15, 0.2) is 65.8 Å². The van der Waals surface area contributed by atoms with E-state index in [9.17, 15) is 0 Å². The van der Waals surface area contributed by atoms with Gasteiger partial charge in [-0.05, 0) is 29.9 Å². The Morgan fingerprint density at radius 1 is 1.00 bits per heavy atom. The highest BCUT2D eigenvalue weighted by atomic mass is 14.7. The molecule has 1 nitrogen and oxygen atoms in total. The number of hydrogen-bond donors (Lipinski definition) is 0. The number of benzene rings is 2. The first-order valence-electron chi connectivity index (χ1n) is 9.19. The van der Waals surface area contributed by atoms with Gasteiger partial charge < -0.3 is 0 Å². The van der Waals surface area contributed by atoms with Crippen molar-refractivity contribution in [3.63, 3.8) is 0 Å². The molecule has 1 aliphatic rings. The summed E-state index contributed by atoms with van der Waals surface area (Å²) in [4.78, 5) is 4.80. The Bertz CT molecular complexity index is 739. The van der Waals surface area contributed by atoms with Crippen LogP contribution in [0.3, 0.4) is 0 Å². The Kier molecular flexibility index (Phi) is 5.63. The van der Waals surface area contributed by atoms with Crippen LogP contribution in [0.25, 0.3) is 0 Å². The van der Waals surface area contributed by atoms with Crippen LogP contribution in [-0.2, 0) is 12.8 Å². The summed E-state index contributed by atoms with van der Waals surface area (Å²) < 4.78 is 0. The summed E-state index contributed by atoms with van der Waals surface area (Å²) in [5.74, 6) is 0.711. The third-order valence-electron chi connectivity index (χ3n) is 4.81. The van der Waals surface area contributed by atoms with Crippen molar-refractivity contribution in [3.05, 3.63) is 83.1 Å². The minimum Gasteiger partial charge on any atom is -0.256 e. The zero-order chi connectivity index (χ0) is 16.8. The van der Waals surface area contributed by atoms with Crippen molar-refractivity contribution in [2.45, 2.75) is 46.0 Å². The molecule has 1 aliphatic heterocycles. The number of allylic oxidation sites excluding steroid dienone is 1. The molecule has 24 heavy (non-hydrogen) atoms. The standard InChI is InChI=1S/C23H27N/c1-3-4-10-18(2)17-20-12-6-8-15-22(20)23-21-14-7-5-11-19(21)13-9-16-24-23/h5-9,11-12,14-16,18H,3-4,10,13,17H2,1-2H3. The zero-order valence-electron chi connectivity index (χ0n) is 14.8. The SMILES string of the molecule is CCCCC(C)Cc1ccccc1C1=NC=CCc2ccccc21. The Morgan fingerprint density at radius 3 is 2.58 bits per heavy atom. The second-order valence-electron chi connectivity index (χ2n) is 6.83. The highest BCUT2D eigenvalue weighted by molar-refractivity contribution is 6.15. The molecule has 0 radical (unpaired) electrons. The first-order chi connectivity index (χ1) is 11.8. The molecule has 0 saturated heterocycles. The average molecular weight is 317 g/mol. The molecule has 1 atom stereocenters. The molecular weight excluding hydrogens is 290 g/mol. The van der Waals surface area contributed by atoms with Gasteiger partial charge in [-0.2, -0.15) is 0 Å². The summed E-state index contributed by atoms with van der Waals surface area (Å²) in [6, 6.07) is 17.5. The molecule has 0 amide bonds. The lowest BCUT2D eigenvalue weighted by Crippen LogP contribution is -2.11. The van der Waals surface area contributed by atoms with Crippen molar-refractivity contribution >= 4 is 5.71 Å². The van der Waals surface area contributed by atoms with E-state index in [-0.39, 0.29) is 0 Å². The lowest BCUT2D eigenvalue weighted by Gasteiger charge is -2.17. The molecule has 1 heteroatoms. The van der Waals surface area contributed by atoms with E-state index in [0.29, 0.717) is 5.92 Å². The Balaban J connectivity index is 1.95. The number of rotatable bonds is 6. The highest BCUT2D eigenvalue weighted by Gasteiger charge is 2.16. The molecule has 0 fully saturated rings. The van der Waals surface area contributed by atoms with Crippen LogP contribution in [0.1, 0.15) is 55.4 Å². The fraction of sp³-hybridized carbons (Fsp3) is 0.348. The smallest absolute Gasteiger partial charge is 0.0779 e. The lowest BCUT2D eigenvalue weighted by molar-refractivity contribution is 0.503. The summed E-state index contributed by atoms with van der Waals surface area (Å²) in [5, 5.41) is 0. The molecule has 0 bridgehead atoms. The fourth-order valence-corrected chi connectivity index (χ4v) is 3.48. The Morgan fingerprint density at radius 2 is 1.75 bits per heavy atom. The first kappa shape index (κ1) is 16.7. The molecule has 2 aromatic rings. The summed E-state index contributed by atoms with van der Waals surface area (Å²) in [7, 11) is 0. The molecule has 0 N–H and O–H groups in total. The maximum Gasteiger partial charge on any atom is 0.0779 e. The van der Waals surface area contributed by atoms with Crippen LogP contribution < -0.4 is 0 Å². The molecule has 3 rings (SSSR count). The van der Waals surface area contributed by atoms with Gasteiger partial charge in [0, 0.05) is 17.3 Å². The fourth-order valence-electron chi connectivity index (χ4n) is 3.48. The van der Waals surface area contributed by atoms with Gasteiger partial charge in [0.1, 0.15) is 0 Å². The monoisotopic (exact) mass is 317 g/mol. The molecule has 1 unspecified atom stereocenters. The van der Waals surface area contributed by atoms with Gasteiger partial charge in [0.2, 0.25) is 0 Å². The van der Waals surface area contributed by atoms with Gasteiger partial charge in [0.15, 0.2) is 0 Å². The molecule has 0 aliphatic carbocycles. The van der Waals surface area contributed by atoms with E-state index in [1.54, 1.807) is 0 Å². The van der Waals surface area contributed by atoms with Crippen LogP contribution in [0, 0.1) is 5.92 Å². The molecular formula is C23H27N. The van der Waals surface area contributed by atoms with Crippen molar-refractivity contribution in [2.75, 3.05) is 0 Å². The van der Waals surface area contributed by atoms with Crippen LogP contribution in [0.4, 0.5) is 0 Å². The summed E-state index contributed by atoms with van der Waals surface area (Å²) in [6.45, 7) is 4.64. The molecule has 0 aromatic heterocycles. The van der Waals surface area contributed by atoms with Crippen LogP contribution in [0.5, 0.6) is 0 Å². The van der Waals surface area contributed by atoms with Crippen LogP contribution in [-0.4, -0.2) is 5.71 Å².